The van der Waals surface area contributed by atoms with Gasteiger partial charge in [0.05, 0.1) is 29.9 Å². The summed E-state index contributed by atoms with van der Waals surface area (Å²) in [6, 6.07) is 3.84. The number of aliphatic hydroxyl groups excluding tert-OH is 1. The minimum Gasteiger partial charge on any atom is -0.464 e. The van der Waals surface area contributed by atoms with Crippen molar-refractivity contribution in [1.29, 1.82) is 0 Å². The predicted molar refractivity (Wildman–Crippen MR) is 149 cm³/mol. The first kappa shape index (κ1) is 28.4. The molecule has 0 aliphatic carbocycles. The zero-order valence-electron chi connectivity index (χ0n) is 23.1. The van der Waals surface area contributed by atoms with Crippen LogP contribution in [0.2, 0.25) is 23.2 Å². The number of benzene rings is 1. The van der Waals surface area contributed by atoms with Crippen molar-refractivity contribution < 1.29 is 19.1 Å². The van der Waals surface area contributed by atoms with Gasteiger partial charge in [-0.25, -0.2) is 4.79 Å². The van der Waals surface area contributed by atoms with Crippen LogP contribution in [-0.2, 0) is 29.2 Å². The van der Waals surface area contributed by atoms with Crippen molar-refractivity contribution in [2.75, 3.05) is 20.3 Å². The molecule has 0 atom stereocenters. The summed E-state index contributed by atoms with van der Waals surface area (Å²) in [5.41, 5.74) is 5.75. The van der Waals surface area contributed by atoms with Gasteiger partial charge in [-0.2, -0.15) is 5.10 Å². The summed E-state index contributed by atoms with van der Waals surface area (Å²) in [4.78, 5) is 13.1. The molecule has 2 aromatic heterocycles. The van der Waals surface area contributed by atoms with E-state index >= 15 is 0 Å². The second-order valence-electron chi connectivity index (χ2n) is 10.9. The van der Waals surface area contributed by atoms with Gasteiger partial charge in [0.2, 0.25) is 0 Å². The minimum atomic E-state index is -1.87. The fourth-order valence-corrected chi connectivity index (χ4v) is 5.90. The van der Waals surface area contributed by atoms with Crippen LogP contribution in [-0.4, -0.2) is 54.1 Å². The first-order chi connectivity index (χ1) is 16.8. The van der Waals surface area contributed by atoms with Crippen LogP contribution in [0.15, 0.2) is 12.1 Å². The van der Waals surface area contributed by atoms with Crippen molar-refractivity contribution >= 4 is 36.8 Å². The van der Waals surface area contributed by atoms with Gasteiger partial charge in [0, 0.05) is 42.4 Å². The Morgan fingerprint density at radius 2 is 1.86 bits per heavy atom. The number of rotatable bonds is 9. The lowest BCUT2D eigenvalue weighted by Crippen LogP contribution is -2.41. The van der Waals surface area contributed by atoms with E-state index in [1.165, 1.54) is 7.11 Å². The third-order valence-corrected chi connectivity index (χ3v) is 12.4. The molecule has 0 saturated heterocycles. The topological polar surface area (TPSA) is 78.5 Å². The largest absolute Gasteiger partial charge is 0.464 e. The van der Waals surface area contributed by atoms with Crippen LogP contribution >= 0.6 is 11.6 Å². The van der Waals surface area contributed by atoms with Gasteiger partial charge in [-0.15, -0.1) is 0 Å². The van der Waals surface area contributed by atoms with E-state index in [-0.39, 0.29) is 18.2 Å². The first-order valence-electron chi connectivity index (χ1n) is 12.4. The van der Waals surface area contributed by atoms with Crippen molar-refractivity contribution in [2.45, 2.75) is 72.1 Å². The lowest BCUT2D eigenvalue weighted by atomic mass is 9.98. The second kappa shape index (κ2) is 10.7. The van der Waals surface area contributed by atoms with E-state index in [2.05, 4.69) is 39.0 Å². The molecule has 0 amide bonds. The van der Waals surface area contributed by atoms with Crippen molar-refractivity contribution in [2.24, 2.45) is 7.05 Å². The molecule has 36 heavy (non-hydrogen) atoms. The van der Waals surface area contributed by atoms with Gasteiger partial charge in [0.25, 0.3) is 0 Å². The molecule has 1 aromatic carbocycles. The van der Waals surface area contributed by atoms with E-state index < -0.39 is 14.3 Å². The Hall–Kier alpha value is -2.13. The summed E-state index contributed by atoms with van der Waals surface area (Å²) >= 11 is 6.81. The van der Waals surface area contributed by atoms with Crippen molar-refractivity contribution in [3.63, 3.8) is 0 Å². The molecular formula is C27H40ClN3O4Si. The second-order valence-corrected chi connectivity index (χ2v) is 16.1. The number of carbonyl (C=O) groups is 1. The highest BCUT2D eigenvalue weighted by atomic mass is 35.5. The molecule has 3 rings (SSSR count). The maximum Gasteiger partial charge on any atom is 0.354 e. The Labute approximate surface area is 220 Å². The van der Waals surface area contributed by atoms with Gasteiger partial charge in [-0.05, 0) is 56.5 Å². The number of halogens is 1. The number of aliphatic hydroxyl groups is 1. The Kier molecular flexibility index (Phi) is 8.45. The Bertz CT molecular complexity index is 1270. The number of aryl methyl sites for hydroxylation is 3. The van der Waals surface area contributed by atoms with E-state index in [4.69, 9.17) is 20.8 Å². The molecule has 1 N–H and O–H groups in total. The number of nitrogens with zero attached hydrogens (tertiary/aromatic N) is 3. The lowest BCUT2D eigenvalue weighted by Gasteiger charge is -2.36. The number of esters is 1. The zero-order valence-corrected chi connectivity index (χ0v) is 24.8. The number of ether oxygens (including phenoxy) is 1. The molecule has 0 unspecified atom stereocenters. The van der Waals surface area contributed by atoms with E-state index in [0.717, 1.165) is 45.4 Å². The van der Waals surface area contributed by atoms with Crippen LogP contribution in [0.4, 0.5) is 0 Å². The van der Waals surface area contributed by atoms with Crippen LogP contribution in [0.3, 0.4) is 0 Å². The van der Waals surface area contributed by atoms with E-state index in [9.17, 15) is 9.90 Å². The van der Waals surface area contributed by atoms with Crippen LogP contribution in [0.1, 0.15) is 54.6 Å². The fraction of sp³-hybridized carbons (Fsp3) is 0.556. The Morgan fingerprint density at radius 1 is 1.19 bits per heavy atom. The van der Waals surface area contributed by atoms with Crippen molar-refractivity contribution in [1.82, 2.24) is 14.3 Å². The number of aromatic nitrogens is 3. The molecule has 3 aromatic rings. The van der Waals surface area contributed by atoms with E-state index in [1.807, 2.05) is 42.3 Å². The van der Waals surface area contributed by atoms with Crippen LogP contribution in [0.25, 0.3) is 22.0 Å². The predicted octanol–water partition coefficient (Wildman–Crippen LogP) is 6.05. The molecule has 0 bridgehead atoms. The zero-order chi connectivity index (χ0) is 27.0. The molecule has 0 fully saturated rings. The normalized spacial score (nSPS) is 12.5. The number of methoxy groups -OCH3 is 1. The Balaban J connectivity index is 2.19. The molecule has 7 nitrogen and oxygen atoms in total. The van der Waals surface area contributed by atoms with Gasteiger partial charge in [0.1, 0.15) is 5.69 Å². The van der Waals surface area contributed by atoms with Crippen LogP contribution < -0.4 is 0 Å². The molecule has 198 valence electrons. The minimum absolute atomic E-state index is 0.126. The average molecular weight is 534 g/mol. The third kappa shape index (κ3) is 5.14. The number of hydrogen-bond donors (Lipinski definition) is 1. The van der Waals surface area contributed by atoms with Crippen LogP contribution in [0.5, 0.6) is 0 Å². The van der Waals surface area contributed by atoms with Crippen LogP contribution in [0, 0.1) is 13.8 Å². The maximum atomic E-state index is 13.1. The Morgan fingerprint density at radius 3 is 2.39 bits per heavy atom. The molecule has 0 aliphatic rings. The van der Waals surface area contributed by atoms with E-state index in [1.54, 1.807) is 0 Å². The number of fused-ring (bicyclic) bond motifs is 1. The van der Waals surface area contributed by atoms with Gasteiger partial charge < -0.3 is 18.8 Å². The maximum absolute atomic E-state index is 13.1. The molecule has 2 heterocycles. The monoisotopic (exact) mass is 533 g/mol. The number of hydrogen-bond acceptors (Lipinski definition) is 5. The molecular weight excluding hydrogens is 494 g/mol. The summed E-state index contributed by atoms with van der Waals surface area (Å²) in [6.45, 7) is 15.9. The molecule has 0 saturated carbocycles. The average Bonchev–Trinajstić information content (AvgIpc) is 3.23. The first-order valence-corrected chi connectivity index (χ1v) is 15.7. The summed E-state index contributed by atoms with van der Waals surface area (Å²) in [6.07, 6.45) is 1.40. The molecule has 0 aliphatic heterocycles. The highest BCUT2D eigenvalue weighted by molar-refractivity contribution is 6.74. The highest BCUT2D eigenvalue weighted by Gasteiger charge is 2.37. The SMILES string of the molecule is COC(=O)c1c(CCCO[Si](C)(C)C(C)(C)C)c2ccc(Cl)c(-c3c(C)nn(C)c3C)c2n1CCO. The highest BCUT2D eigenvalue weighted by Crippen LogP contribution is 2.42. The molecule has 0 spiro atoms. The lowest BCUT2D eigenvalue weighted by molar-refractivity contribution is 0.0586. The summed E-state index contributed by atoms with van der Waals surface area (Å²) in [5.74, 6) is -0.429. The fourth-order valence-electron chi connectivity index (χ4n) is 4.57. The van der Waals surface area contributed by atoms with Gasteiger partial charge >= 0.3 is 5.97 Å². The third-order valence-electron chi connectivity index (χ3n) is 7.58. The van der Waals surface area contributed by atoms with Crippen molar-refractivity contribution in [3.05, 3.63) is 39.8 Å². The van der Waals surface area contributed by atoms with E-state index in [0.29, 0.717) is 23.7 Å². The molecule has 9 heteroatoms. The summed E-state index contributed by atoms with van der Waals surface area (Å²) < 4.78 is 15.3. The van der Waals surface area contributed by atoms with Gasteiger partial charge in [-0.3, -0.25) is 4.68 Å². The standard InChI is InChI=1S/C27H40ClN3O4Si/c1-17-22(18(2)30(6)29-17)23-21(28)13-12-20-19(11-10-16-35-36(8,9)27(3,4)5)25(26(33)34-7)31(14-15-32)24(20)23/h12-13,32H,10-11,14-16H2,1-9H3. The van der Waals surface area contributed by atoms with Crippen molar-refractivity contribution in [3.8, 4) is 11.1 Å². The molecule has 0 radical (unpaired) electrons. The van der Waals surface area contributed by atoms with Gasteiger partial charge in [-0.1, -0.05) is 38.4 Å². The summed E-state index contributed by atoms with van der Waals surface area (Å²) in [7, 11) is 1.42. The quantitative estimate of drug-likeness (QED) is 0.206. The number of carbonyl (C=O) groups excluding carboxylic acids is 1. The summed E-state index contributed by atoms with van der Waals surface area (Å²) in [5, 5.41) is 16.2. The van der Waals surface area contributed by atoms with Gasteiger partial charge in [0.15, 0.2) is 8.32 Å². The smallest absolute Gasteiger partial charge is 0.354 e.